The molecule has 15 heavy (non-hydrogen) atoms. The summed E-state index contributed by atoms with van der Waals surface area (Å²) in [5, 5.41) is 2.91. The standard InChI is InChI=1S/C10H21N3O2/c1-4-10(12-9(11)14)5-7-15-8-6-13(10,2)3/h4-8H2,1-3H3,(H2-,11,12,14)/p+1. The van der Waals surface area contributed by atoms with Crippen molar-refractivity contribution in [2.45, 2.75) is 25.4 Å². The highest BCUT2D eigenvalue weighted by atomic mass is 16.5. The molecule has 1 heterocycles. The van der Waals surface area contributed by atoms with Crippen LogP contribution in [-0.2, 0) is 4.74 Å². The van der Waals surface area contributed by atoms with Crippen LogP contribution in [0.5, 0.6) is 0 Å². The van der Waals surface area contributed by atoms with Gasteiger partial charge in [0, 0.05) is 12.8 Å². The van der Waals surface area contributed by atoms with Gasteiger partial charge in [-0.2, -0.15) is 0 Å². The molecular formula is C10H22N3O2+. The van der Waals surface area contributed by atoms with Crippen molar-refractivity contribution < 1.29 is 14.0 Å². The van der Waals surface area contributed by atoms with Crippen molar-refractivity contribution in [1.82, 2.24) is 5.32 Å². The van der Waals surface area contributed by atoms with E-state index in [1.807, 2.05) is 0 Å². The average molecular weight is 216 g/mol. The zero-order valence-corrected chi connectivity index (χ0v) is 9.88. The molecule has 1 aliphatic heterocycles. The Hall–Kier alpha value is -0.810. The van der Waals surface area contributed by atoms with E-state index >= 15 is 0 Å². The number of primary amides is 1. The molecule has 1 aliphatic rings. The molecule has 88 valence electrons. The predicted molar refractivity (Wildman–Crippen MR) is 58.2 cm³/mol. The number of nitrogens with zero attached hydrogens (tertiary/aromatic N) is 1. The summed E-state index contributed by atoms with van der Waals surface area (Å²) in [5.74, 6) is 0. The van der Waals surface area contributed by atoms with Crippen molar-refractivity contribution in [2.24, 2.45) is 5.73 Å². The van der Waals surface area contributed by atoms with Crippen LogP contribution < -0.4 is 11.1 Å². The number of hydrogen-bond donors (Lipinski definition) is 2. The number of hydrogen-bond acceptors (Lipinski definition) is 2. The van der Waals surface area contributed by atoms with Crippen molar-refractivity contribution in [2.75, 3.05) is 33.9 Å². The van der Waals surface area contributed by atoms with Gasteiger partial charge in [-0.05, 0) is 0 Å². The van der Waals surface area contributed by atoms with Crippen LogP contribution in [0, 0.1) is 0 Å². The summed E-state index contributed by atoms with van der Waals surface area (Å²) in [6.07, 6.45) is 1.66. The third-order valence-electron chi connectivity index (χ3n) is 3.55. The number of likely N-dealkylation sites (N-methyl/N-ethyl adjacent to an activating group) is 1. The zero-order chi connectivity index (χ0) is 11.5. The fraction of sp³-hybridized carbons (Fsp3) is 0.900. The molecule has 5 heteroatoms. The lowest BCUT2D eigenvalue weighted by Crippen LogP contribution is -2.69. The minimum absolute atomic E-state index is 0.289. The van der Waals surface area contributed by atoms with Crippen molar-refractivity contribution in [3.63, 3.8) is 0 Å². The van der Waals surface area contributed by atoms with Crippen LogP contribution in [0.3, 0.4) is 0 Å². The first-order valence-electron chi connectivity index (χ1n) is 5.42. The number of rotatable bonds is 2. The van der Waals surface area contributed by atoms with E-state index in [2.05, 4.69) is 26.3 Å². The molecule has 0 radical (unpaired) electrons. The van der Waals surface area contributed by atoms with Crippen LogP contribution in [0.4, 0.5) is 4.79 Å². The quantitative estimate of drug-likeness (QED) is 0.650. The van der Waals surface area contributed by atoms with Crippen LogP contribution in [0.1, 0.15) is 19.8 Å². The smallest absolute Gasteiger partial charge is 0.316 e. The van der Waals surface area contributed by atoms with Crippen molar-refractivity contribution in [3.05, 3.63) is 0 Å². The highest BCUT2D eigenvalue weighted by Gasteiger charge is 2.45. The summed E-state index contributed by atoms with van der Waals surface area (Å²) >= 11 is 0. The predicted octanol–water partition coefficient (Wildman–Crippen LogP) is 0.258. The number of amides is 2. The molecule has 1 fully saturated rings. The molecular weight excluding hydrogens is 194 g/mol. The normalized spacial score (nSPS) is 30.6. The molecule has 0 spiro atoms. The van der Waals surface area contributed by atoms with E-state index in [0.29, 0.717) is 11.1 Å². The lowest BCUT2D eigenvalue weighted by Gasteiger charge is -2.46. The Labute approximate surface area is 91.2 Å². The van der Waals surface area contributed by atoms with Gasteiger partial charge in [0.25, 0.3) is 0 Å². The molecule has 0 saturated carbocycles. The molecule has 1 unspecified atom stereocenters. The summed E-state index contributed by atoms with van der Waals surface area (Å²) in [7, 11) is 4.21. The van der Waals surface area contributed by atoms with Crippen LogP contribution in [0.15, 0.2) is 0 Å². The maximum atomic E-state index is 11.1. The van der Waals surface area contributed by atoms with Gasteiger partial charge in [0.15, 0.2) is 5.66 Å². The Morgan fingerprint density at radius 2 is 2.20 bits per heavy atom. The number of quaternary nitrogens is 1. The number of carbonyl (C=O) groups is 1. The highest BCUT2D eigenvalue weighted by molar-refractivity contribution is 5.72. The van der Waals surface area contributed by atoms with Crippen LogP contribution >= 0.6 is 0 Å². The van der Waals surface area contributed by atoms with E-state index in [1.165, 1.54) is 0 Å². The number of carbonyl (C=O) groups excluding carboxylic acids is 1. The summed E-state index contributed by atoms with van der Waals surface area (Å²) < 4.78 is 6.18. The molecule has 2 amide bonds. The van der Waals surface area contributed by atoms with Gasteiger partial charge in [-0.1, -0.05) is 6.92 Å². The van der Waals surface area contributed by atoms with Crippen LogP contribution in [-0.4, -0.2) is 50.0 Å². The second kappa shape index (κ2) is 4.37. The third kappa shape index (κ3) is 2.41. The lowest BCUT2D eigenvalue weighted by atomic mass is 9.99. The third-order valence-corrected chi connectivity index (χ3v) is 3.55. The summed E-state index contributed by atoms with van der Waals surface area (Å²) in [6, 6.07) is -0.454. The maximum absolute atomic E-state index is 11.1. The summed E-state index contributed by atoms with van der Waals surface area (Å²) in [5.41, 5.74) is 4.97. The van der Waals surface area contributed by atoms with Crippen molar-refractivity contribution in [1.29, 1.82) is 0 Å². The molecule has 0 aromatic rings. The first kappa shape index (κ1) is 12.3. The maximum Gasteiger partial charge on any atom is 0.316 e. The largest absolute Gasteiger partial charge is 0.375 e. The SMILES string of the molecule is CCC1(NC(N)=O)CCOCC[N+]1(C)C. The van der Waals surface area contributed by atoms with Crippen molar-refractivity contribution in [3.8, 4) is 0 Å². The van der Waals surface area contributed by atoms with Gasteiger partial charge < -0.3 is 15.0 Å². The van der Waals surface area contributed by atoms with Crippen LogP contribution in [0.2, 0.25) is 0 Å². The highest BCUT2D eigenvalue weighted by Crippen LogP contribution is 2.27. The molecule has 3 N–H and O–H groups in total. The minimum atomic E-state index is -0.454. The zero-order valence-electron chi connectivity index (χ0n) is 9.88. The molecule has 1 atom stereocenters. The molecule has 1 rings (SSSR count). The van der Waals surface area contributed by atoms with Crippen LogP contribution in [0.25, 0.3) is 0 Å². The Kier molecular flexibility index (Phi) is 3.57. The topological polar surface area (TPSA) is 64.3 Å². The van der Waals surface area contributed by atoms with E-state index < -0.39 is 6.03 Å². The second-order valence-electron chi connectivity index (χ2n) is 4.65. The van der Waals surface area contributed by atoms with Gasteiger partial charge in [-0.3, -0.25) is 5.32 Å². The monoisotopic (exact) mass is 216 g/mol. The minimum Gasteiger partial charge on any atom is -0.375 e. The first-order chi connectivity index (χ1) is 6.93. The van der Waals surface area contributed by atoms with E-state index in [9.17, 15) is 4.79 Å². The van der Waals surface area contributed by atoms with Gasteiger partial charge in [0.2, 0.25) is 0 Å². The second-order valence-corrected chi connectivity index (χ2v) is 4.65. The Bertz CT molecular complexity index is 243. The van der Waals surface area contributed by atoms with E-state index in [4.69, 9.17) is 10.5 Å². The first-order valence-corrected chi connectivity index (χ1v) is 5.42. The number of ether oxygens (including phenoxy) is 1. The Morgan fingerprint density at radius 3 is 2.73 bits per heavy atom. The Balaban J connectivity index is 2.94. The lowest BCUT2D eigenvalue weighted by molar-refractivity contribution is -0.943. The fourth-order valence-corrected chi connectivity index (χ4v) is 2.29. The van der Waals surface area contributed by atoms with Gasteiger partial charge in [0.05, 0.1) is 27.3 Å². The molecule has 5 nitrogen and oxygen atoms in total. The average Bonchev–Trinajstić information content (AvgIpc) is 2.26. The Morgan fingerprint density at radius 1 is 1.53 bits per heavy atom. The fourth-order valence-electron chi connectivity index (χ4n) is 2.29. The van der Waals surface area contributed by atoms with Crippen molar-refractivity contribution >= 4 is 6.03 Å². The molecule has 0 aromatic heterocycles. The number of urea groups is 1. The van der Waals surface area contributed by atoms with Gasteiger partial charge in [-0.25, -0.2) is 4.79 Å². The summed E-state index contributed by atoms with van der Waals surface area (Å²) in [6.45, 7) is 4.36. The number of nitrogens with two attached hydrogens (primary N) is 1. The molecule has 0 aliphatic carbocycles. The van der Waals surface area contributed by atoms with Gasteiger partial charge >= 0.3 is 6.03 Å². The van der Waals surface area contributed by atoms with Gasteiger partial charge in [-0.15, -0.1) is 0 Å². The van der Waals surface area contributed by atoms with E-state index in [-0.39, 0.29) is 5.66 Å². The van der Waals surface area contributed by atoms with E-state index in [1.54, 1.807) is 0 Å². The molecule has 0 aromatic carbocycles. The molecule has 0 bridgehead atoms. The van der Waals surface area contributed by atoms with E-state index in [0.717, 1.165) is 26.0 Å². The molecule has 1 saturated heterocycles. The summed E-state index contributed by atoms with van der Waals surface area (Å²) in [4.78, 5) is 11.1. The van der Waals surface area contributed by atoms with Gasteiger partial charge in [0.1, 0.15) is 6.54 Å². The number of nitrogens with one attached hydrogen (secondary N) is 1.